The van der Waals surface area contributed by atoms with Gasteiger partial charge in [-0.25, -0.2) is 4.79 Å². The molecule has 1 aromatic carbocycles. The number of carbonyl (C=O) groups excluding carboxylic acids is 1. The van der Waals surface area contributed by atoms with Crippen LogP contribution in [0.25, 0.3) is 0 Å². The highest BCUT2D eigenvalue weighted by atomic mass is 16.5. The fourth-order valence-corrected chi connectivity index (χ4v) is 3.66. The Balaban J connectivity index is 1.61. The largest absolute Gasteiger partial charge is 0.547 e. The third-order valence-corrected chi connectivity index (χ3v) is 5.00. The second-order valence-electron chi connectivity index (χ2n) is 6.96. The minimum atomic E-state index is -1.29. The van der Waals surface area contributed by atoms with Gasteiger partial charge in [-0.2, -0.15) is 0 Å². The molecule has 1 saturated heterocycles. The smallest absolute Gasteiger partial charge is 0.534 e. The number of piperidine rings is 1. The number of para-hydroxylation sites is 1. The van der Waals surface area contributed by atoms with E-state index in [1.54, 1.807) is 12.1 Å². The van der Waals surface area contributed by atoms with E-state index in [0.29, 0.717) is 24.4 Å². The van der Waals surface area contributed by atoms with Gasteiger partial charge in [0.15, 0.2) is 0 Å². The Bertz CT molecular complexity index is 686. The molecule has 1 unspecified atom stereocenters. The van der Waals surface area contributed by atoms with Gasteiger partial charge in [-0.05, 0) is 49.9 Å². The highest BCUT2D eigenvalue weighted by Gasteiger charge is 2.38. The molecule has 2 heterocycles. The molecule has 0 radical (unpaired) electrons. The fraction of sp³-hybridized carbons (Fsp3) is 0.529. The zero-order chi connectivity index (χ0) is 18.7. The summed E-state index contributed by atoms with van der Waals surface area (Å²) < 4.78 is 5.39. The predicted octanol–water partition coefficient (Wildman–Crippen LogP) is -0.505. The summed E-state index contributed by atoms with van der Waals surface area (Å²) in [4.78, 5) is 25.7. The number of carbonyl (C=O) groups is 2. The third-order valence-electron chi connectivity index (χ3n) is 5.00. The first-order valence-electron chi connectivity index (χ1n) is 8.89. The first-order chi connectivity index (χ1) is 12.5. The van der Waals surface area contributed by atoms with Gasteiger partial charge in [-0.15, -0.1) is 0 Å². The van der Waals surface area contributed by atoms with Crippen LogP contribution in [0.3, 0.4) is 0 Å². The maximum Gasteiger partial charge on any atom is 0.547 e. The van der Waals surface area contributed by atoms with Crippen LogP contribution in [-0.4, -0.2) is 66.1 Å². The molecule has 0 aliphatic carbocycles. The van der Waals surface area contributed by atoms with Crippen LogP contribution in [0.15, 0.2) is 18.2 Å². The summed E-state index contributed by atoms with van der Waals surface area (Å²) in [5, 5.41) is 22.2. The van der Waals surface area contributed by atoms with E-state index in [1.807, 2.05) is 0 Å². The minimum absolute atomic E-state index is 0.00692. The molecule has 0 aromatic heterocycles. The van der Waals surface area contributed by atoms with Crippen LogP contribution >= 0.6 is 0 Å². The van der Waals surface area contributed by atoms with E-state index in [2.05, 4.69) is 10.2 Å². The molecule has 2 atom stereocenters. The SMILES string of the molecule is NCC1CCCN(CC(=O)N[C@H]2Cc3cccc(C(=O)O)c3OB2O)C1. The number of benzene rings is 1. The highest BCUT2D eigenvalue weighted by Crippen LogP contribution is 2.30. The van der Waals surface area contributed by atoms with E-state index in [1.165, 1.54) is 6.07 Å². The van der Waals surface area contributed by atoms with Gasteiger partial charge in [0.25, 0.3) is 0 Å². The Morgan fingerprint density at radius 2 is 2.23 bits per heavy atom. The minimum Gasteiger partial charge on any atom is -0.534 e. The monoisotopic (exact) mass is 361 g/mol. The lowest BCUT2D eigenvalue weighted by atomic mass is 9.72. The quantitative estimate of drug-likeness (QED) is 0.521. The lowest BCUT2D eigenvalue weighted by Crippen LogP contribution is -2.55. The van der Waals surface area contributed by atoms with Gasteiger partial charge in [0.2, 0.25) is 5.91 Å². The molecule has 1 fully saturated rings. The summed E-state index contributed by atoms with van der Waals surface area (Å²) in [6.45, 7) is 2.54. The topological polar surface area (TPSA) is 125 Å². The molecule has 2 aliphatic heterocycles. The Morgan fingerprint density at radius 3 is 2.96 bits per heavy atom. The normalized spacial score (nSPS) is 23.1. The molecule has 140 valence electrons. The van der Waals surface area contributed by atoms with Crippen LogP contribution in [0.2, 0.25) is 0 Å². The van der Waals surface area contributed by atoms with Crippen molar-refractivity contribution in [2.45, 2.75) is 25.2 Å². The van der Waals surface area contributed by atoms with Crippen molar-refractivity contribution in [3.8, 4) is 5.75 Å². The van der Waals surface area contributed by atoms with Gasteiger partial charge < -0.3 is 25.8 Å². The zero-order valence-electron chi connectivity index (χ0n) is 14.6. The van der Waals surface area contributed by atoms with E-state index >= 15 is 0 Å². The number of likely N-dealkylation sites (tertiary alicyclic amines) is 1. The number of hydrogen-bond acceptors (Lipinski definition) is 6. The standard InChI is InChI=1S/C17H24BN3O5/c19-8-11-3-2-6-21(9-11)10-15(22)20-14-7-12-4-1-5-13(17(23)24)16(12)26-18(14)25/h1,4-5,11,14,25H,2-3,6-10,19H2,(H,20,22)(H,23,24)/t11?,14-/m0/s1. The van der Waals surface area contributed by atoms with Crippen molar-refractivity contribution >= 4 is 19.0 Å². The van der Waals surface area contributed by atoms with Crippen LogP contribution in [-0.2, 0) is 11.2 Å². The Labute approximate surface area is 152 Å². The predicted molar refractivity (Wildman–Crippen MR) is 95.9 cm³/mol. The van der Waals surface area contributed by atoms with Crippen molar-refractivity contribution in [3.05, 3.63) is 29.3 Å². The molecule has 3 rings (SSSR count). The van der Waals surface area contributed by atoms with Crippen LogP contribution in [0.5, 0.6) is 5.75 Å². The zero-order valence-corrected chi connectivity index (χ0v) is 14.6. The second kappa shape index (κ2) is 8.07. The summed E-state index contributed by atoms with van der Waals surface area (Å²) >= 11 is 0. The van der Waals surface area contributed by atoms with Crippen molar-refractivity contribution in [2.24, 2.45) is 11.7 Å². The molecule has 0 bridgehead atoms. The average Bonchev–Trinajstić information content (AvgIpc) is 2.61. The van der Waals surface area contributed by atoms with Crippen LogP contribution in [0.1, 0.15) is 28.8 Å². The molecule has 5 N–H and O–H groups in total. The number of amides is 1. The Morgan fingerprint density at radius 1 is 1.42 bits per heavy atom. The summed E-state index contributed by atoms with van der Waals surface area (Å²) in [6, 6.07) is 4.79. The van der Waals surface area contributed by atoms with Crippen molar-refractivity contribution in [3.63, 3.8) is 0 Å². The average molecular weight is 361 g/mol. The fourth-order valence-electron chi connectivity index (χ4n) is 3.66. The van der Waals surface area contributed by atoms with E-state index in [0.717, 1.165) is 25.9 Å². The number of aromatic carboxylic acids is 1. The number of hydrogen-bond donors (Lipinski definition) is 4. The van der Waals surface area contributed by atoms with Gasteiger partial charge in [0.05, 0.1) is 18.0 Å². The van der Waals surface area contributed by atoms with Crippen LogP contribution < -0.4 is 15.7 Å². The van der Waals surface area contributed by atoms with E-state index < -0.39 is 19.0 Å². The summed E-state index contributed by atoms with van der Waals surface area (Å²) in [6.07, 6.45) is 2.43. The first kappa shape index (κ1) is 18.7. The third kappa shape index (κ3) is 4.17. The van der Waals surface area contributed by atoms with Gasteiger partial charge in [0, 0.05) is 6.54 Å². The number of carboxylic acid groups (broad SMARTS) is 1. The summed E-state index contributed by atoms with van der Waals surface area (Å²) in [5.74, 6) is -1.33. The van der Waals surface area contributed by atoms with Crippen molar-refractivity contribution in [1.29, 1.82) is 0 Å². The lowest BCUT2D eigenvalue weighted by molar-refractivity contribution is -0.123. The molecule has 1 aromatic rings. The van der Waals surface area contributed by atoms with E-state index in [-0.39, 0.29) is 23.8 Å². The Hall–Kier alpha value is -2.10. The molecular weight excluding hydrogens is 337 g/mol. The maximum atomic E-state index is 12.4. The molecule has 0 spiro atoms. The lowest BCUT2D eigenvalue weighted by Gasteiger charge is -2.33. The molecule has 0 saturated carbocycles. The van der Waals surface area contributed by atoms with Crippen LogP contribution in [0, 0.1) is 5.92 Å². The number of carboxylic acids is 1. The maximum absolute atomic E-state index is 12.4. The molecule has 2 aliphatic rings. The molecule has 9 heteroatoms. The van der Waals surface area contributed by atoms with E-state index in [9.17, 15) is 19.7 Å². The van der Waals surface area contributed by atoms with Crippen LogP contribution in [0.4, 0.5) is 0 Å². The van der Waals surface area contributed by atoms with Gasteiger partial charge in [-0.1, -0.05) is 12.1 Å². The number of nitrogens with one attached hydrogen (secondary N) is 1. The van der Waals surface area contributed by atoms with Crippen molar-refractivity contribution < 1.29 is 24.4 Å². The van der Waals surface area contributed by atoms with Gasteiger partial charge in [-0.3, -0.25) is 9.69 Å². The Kier molecular flexibility index (Phi) is 5.80. The molecule has 8 nitrogen and oxygen atoms in total. The number of nitrogens with zero attached hydrogens (tertiary/aromatic N) is 1. The summed E-state index contributed by atoms with van der Waals surface area (Å²) in [7, 11) is -1.29. The summed E-state index contributed by atoms with van der Waals surface area (Å²) in [5.41, 5.74) is 6.39. The first-order valence-corrected chi connectivity index (χ1v) is 8.89. The van der Waals surface area contributed by atoms with E-state index in [4.69, 9.17) is 10.4 Å². The molecule has 1 amide bonds. The van der Waals surface area contributed by atoms with Crippen molar-refractivity contribution in [2.75, 3.05) is 26.2 Å². The molecule has 26 heavy (non-hydrogen) atoms. The molecular formula is C17H24BN3O5. The second-order valence-corrected chi connectivity index (χ2v) is 6.96. The van der Waals surface area contributed by atoms with Crippen molar-refractivity contribution in [1.82, 2.24) is 10.2 Å². The number of fused-ring (bicyclic) bond motifs is 1. The number of rotatable bonds is 5. The van der Waals surface area contributed by atoms with Gasteiger partial charge >= 0.3 is 13.1 Å². The number of nitrogens with two attached hydrogens (primary N) is 1. The van der Waals surface area contributed by atoms with Gasteiger partial charge in [0.1, 0.15) is 5.75 Å². The highest BCUT2D eigenvalue weighted by molar-refractivity contribution is 6.47.